The van der Waals surface area contributed by atoms with E-state index in [4.69, 9.17) is 9.47 Å². The van der Waals surface area contributed by atoms with E-state index in [1.165, 1.54) is 0 Å². The molecule has 0 amide bonds. The molecule has 2 aromatic carbocycles. The van der Waals surface area contributed by atoms with Crippen molar-refractivity contribution in [2.75, 3.05) is 6.61 Å². The number of hydrogen-bond donors (Lipinski definition) is 0. The third-order valence-corrected chi connectivity index (χ3v) is 3.43. The average Bonchev–Trinajstić information content (AvgIpc) is 2.99. The molecule has 122 valence electrons. The Balaban J connectivity index is 1.79. The van der Waals surface area contributed by atoms with Crippen molar-refractivity contribution in [3.8, 4) is 17.2 Å². The van der Waals surface area contributed by atoms with Gasteiger partial charge in [0, 0.05) is 5.69 Å². The van der Waals surface area contributed by atoms with Crippen LogP contribution in [0.2, 0.25) is 0 Å². The molecule has 0 unspecified atom stereocenters. The van der Waals surface area contributed by atoms with Gasteiger partial charge in [0.05, 0.1) is 12.3 Å². The number of benzene rings is 2. The van der Waals surface area contributed by atoms with Gasteiger partial charge in [0.1, 0.15) is 11.5 Å². The van der Waals surface area contributed by atoms with E-state index in [-0.39, 0.29) is 0 Å². The summed E-state index contributed by atoms with van der Waals surface area (Å²) in [5.41, 5.74) is 2.01. The Morgan fingerprint density at radius 2 is 1.71 bits per heavy atom. The maximum atomic E-state index is 11.8. The Kier molecular flexibility index (Phi) is 4.61. The summed E-state index contributed by atoms with van der Waals surface area (Å²) in [6, 6.07) is 18.8. The summed E-state index contributed by atoms with van der Waals surface area (Å²) in [7, 11) is 0. The van der Waals surface area contributed by atoms with Gasteiger partial charge in [0.2, 0.25) is 0 Å². The van der Waals surface area contributed by atoms with Crippen molar-refractivity contribution in [2.24, 2.45) is 0 Å². The van der Waals surface area contributed by atoms with Crippen LogP contribution >= 0.6 is 0 Å². The lowest BCUT2D eigenvalue weighted by atomic mass is 10.3. The topological polar surface area (TPSA) is 53.4 Å². The van der Waals surface area contributed by atoms with Crippen LogP contribution in [0.3, 0.4) is 0 Å². The van der Waals surface area contributed by atoms with E-state index in [0.717, 1.165) is 22.9 Å². The van der Waals surface area contributed by atoms with Crippen LogP contribution in [0.4, 0.5) is 0 Å². The number of ether oxygens (including phenoxy) is 2. The number of hydrogen-bond acceptors (Lipinski definition) is 4. The number of para-hydroxylation sites is 1. The molecule has 0 bridgehead atoms. The lowest BCUT2D eigenvalue weighted by Gasteiger charge is -2.08. The first-order valence-electron chi connectivity index (χ1n) is 7.74. The third-order valence-electron chi connectivity index (χ3n) is 3.43. The lowest BCUT2D eigenvalue weighted by Crippen LogP contribution is -2.06. The number of esters is 1. The molecule has 3 rings (SSSR count). The molecular formula is C19H18N2O3. The van der Waals surface area contributed by atoms with Crippen molar-refractivity contribution >= 4 is 5.97 Å². The predicted octanol–water partition coefficient (Wildman–Crippen LogP) is 4.15. The second kappa shape index (κ2) is 7.00. The van der Waals surface area contributed by atoms with Crippen molar-refractivity contribution in [2.45, 2.75) is 13.8 Å². The zero-order valence-corrected chi connectivity index (χ0v) is 13.6. The summed E-state index contributed by atoms with van der Waals surface area (Å²) in [5.74, 6) is 1.11. The zero-order valence-electron chi connectivity index (χ0n) is 13.6. The fourth-order valence-electron chi connectivity index (χ4n) is 2.32. The van der Waals surface area contributed by atoms with Gasteiger partial charge in [-0.15, -0.1) is 0 Å². The Morgan fingerprint density at radius 1 is 1.04 bits per heavy atom. The van der Waals surface area contributed by atoms with E-state index in [0.29, 0.717) is 12.3 Å². The van der Waals surface area contributed by atoms with Crippen molar-refractivity contribution in [1.82, 2.24) is 9.78 Å². The highest BCUT2D eigenvalue weighted by molar-refractivity contribution is 5.87. The third kappa shape index (κ3) is 3.46. The van der Waals surface area contributed by atoms with Crippen LogP contribution in [0.1, 0.15) is 23.1 Å². The summed E-state index contributed by atoms with van der Waals surface area (Å²) in [4.78, 5) is 11.8. The summed E-state index contributed by atoms with van der Waals surface area (Å²) in [5, 5.41) is 4.31. The fraction of sp³-hybridized carbons (Fsp3) is 0.158. The molecular weight excluding hydrogens is 304 g/mol. The normalized spacial score (nSPS) is 10.4. The molecule has 0 radical (unpaired) electrons. The van der Waals surface area contributed by atoms with Gasteiger partial charge in [-0.2, -0.15) is 5.10 Å². The molecule has 5 heteroatoms. The number of nitrogens with zero attached hydrogens (tertiary/aromatic N) is 2. The van der Waals surface area contributed by atoms with Gasteiger partial charge in [-0.3, -0.25) is 0 Å². The maximum absolute atomic E-state index is 11.8. The lowest BCUT2D eigenvalue weighted by molar-refractivity contribution is 0.0519. The maximum Gasteiger partial charge on any atom is 0.358 e. The van der Waals surface area contributed by atoms with Gasteiger partial charge in [0.15, 0.2) is 5.69 Å². The summed E-state index contributed by atoms with van der Waals surface area (Å²) < 4.78 is 12.5. The van der Waals surface area contributed by atoms with E-state index < -0.39 is 5.97 Å². The fourth-order valence-corrected chi connectivity index (χ4v) is 2.32. The summed E-state index contributed by atoms with van der Waals surface area (Å²) in [6.07, 6.45) is 0. The minimum atomic E-state index is -0.414. The van der Waals surface area contributed by atoms with E-state index in [2.05, 4.69) is 5.10 Å². The Labute approximate surface area is 140 Å². The quantitative estimate of drug-likeness (QED) is 0.662. The van der Waals surface area contributed by atoms with E-state index >= 15 is 0 Å². The molecule has 0 fully saturated rings. The smallest absolute Gasteiger partial charge is 0.358 e. The van der Waals surface area contributed by atoms with Crippen LogP contribution in [-0.2, 0) is 4.74 Å². The van der Waals surface area contributed by atoms with Gasteiger partial charge in [-0.05, 0) is 56.3 Å². The summed E-state index contributed by atoms with van der Waals surface area (Å²) in [6.45, 7) is 3.99. The summed E-state index contributed by atoms with van der Waals surface area (Å²) >= 11 is 0. The molecule has 0 atom stereocenters. The Morgan fingerprint density at radius 3 is 2.38 bits per heavy atom. The highest BCUT2D eigenvalue weighted by atomic mass is 16.5. The molecule has 1 heterocycles. The van der Waals surface area contributed by atoms with E-state index in [1.807, 2.05) is 61.5 Å². The second-order valence-electron chi connectivity index (χ2n) is 5.21. The van der Waals surface area contributed by atoms with Crippen molar-refractivity contribution in [3.63, 3.8) is 0 Å². The first-order valence-corrected chi connectivity index (χ1v) is 7.74. The molecule has 0 N–H and O–H groups in total. The minimum Gasteiger partial charge on any atom is -0.461 e. The standard InChI is InChI=1S/C19H18N2O3/c1-3-23-19(22)18-13-14(2)21(20-18)15-9-11-17(12-10-15)24-16-7-5-4-6-8-16/h4-13H,3H2,1-2H3. The van der Waals surface area contributed by atoms with Crippen LogP contribution in [0.25, 0.3) is 5.69 Å². The van der Waals surface area contributed by atoms with Gasteiger partial charge in [-0.25, -0.2) is 9.48 Å². The van der Waals surface area contributed by atoms with Crippen LogP contribution in [0.5, 0.6) is 11.5 Å². The van der Waals surface area contributed by atoms with Gasteiger partial charge in [-0.1, -0.05) is 18.2 Å². The van der Waals surface area contributed by atoms with Gasteiger partial charge >= 0.3 is 5.97 Å². The van der Waals surface area contributed by atoms with Crippen LogP contribution in [-0.4, -0.2) is 22.4 Å². The SMILES string of the molecule is CCOC(=O)c1cc(C)n(-c2ccc(Oc3ccccc3)cc2)n1. The monoisotopic (exact) mass is 322 g/mol. The van der Waals surface area contributed by atoms with E-state index in [1.54, 1.807) is 17.7 Å². The molecule has 24 heavy (non-hydrogen) atoms. The van der Waals surface area contributed by atoms with Crippen molar-refractivity contribution < 1.29 is 14.3 Å². The number of carbonyl (C=O) groups is 1. The molecule has 0 aliphatic rings. The molecule has 0 aliphatic carbocycles. The van der Waals surface area contributed by atoms with Crippen molar-refractivity contribution in [3.05, 3.63) is 72.1 Å². The first-order chi connectivity index (χ1) is 11.7. The number of carbonyl (C=O) groups excluding carboxylic acids is 1. The molecule has 0 saturated heterocycles. The molecule has 0 saturated carbocycles. The van der Waals surface area contributed by atoms with Gasteiger partial charge < -0.3 is 9.47 Å². The van der Waals surface area contributed by atoms with Crippen LogP contribution in [0, 0.1) is 6.92 Å². The van der Waals surface area contributed by atoms with Crippen LogP contribution < -0.4 is 4.74 Å². The zero-order chi connectivity index (χ0) is 16.9. The molecule has 0 spiro atoms. The molecule has 1 aromatic heterocycles. The van der Waals surface area contributed by atoms with Crippen molar-refractivity contribution in [1.29, 1.82) is 0 Å². The Bertz CT molecular complexity index is 824. The number of aryl methyl sites for hydroxylation is 1. The molecule has 5 nitrogen and oxygen atoms in total. The second-order valence-corrected chi connectivity index (χ2v) is 5.21. The minimum absolute atomic E-state index is 0.305. The highest BCUT2D eigenvalue weighted by Gasteiger charge is 2.14. The number of aromatic nitrogens is 2. The molecule has 0 aliphatic heterocycles. The predicted molar refractivity (Wildman–Crippen MR) is 90.8 cm³/mol. The Hall–Kier alpha value is -3.08. The van der Waals surface area contributed by atoms with Crippen LogP contribution in [0.15, 0.2) is 60.7 Å². The average molecular weight is 322 g/mol. The van der Waals surface area contributed by atoms with E-state index in [9.17, 15) is 4.79 Å². The van der Waals surface area contributed by atoms with Gasteiger partial charge in [0.25, 0.3) is 0 Å². The number of rotatable bonds is 5. The highest BCUT2D eigenvalue weighted by Crippen LogP contribution is 2.22. The first kappa shape index (κ1) is 15.8. The molecule has 3 aromatic rings. The largest absolute Gasteiger partial charge is 0.461 e.